The average molecular weight is 415 g/mol. The molecule has 2 aromatic heterocycles. The minimum atomic E-state index is -0.334. The SMILES string of the molecule is CCOC(=O)Cc1csc(NC(=O)CSc2ccc(-c3ccccc3)nn2)n1. The Balaban J connectivity index is 1.48. The smallest absolute Gasteiger partial charge is 0.311 e. The first-order chi connectivity index (χ1) is 13.6. The van der Waals surface area contributed by atoms with Crippen LogP contribution in [0.15, 0.2) is 52.9 Å². The molecule has 0 atom stereocenters. The molecular weight excluding hydrogens is 396 g/mol. The van der Waals surface area contributed by atoms with E-state index in [9.17, 15) is 9.59 Å². The highest BCUT2D eigenvalue weighted by molar-refractivity contribution is 7.99. The Morgan fingerprint density at radius 3 is 2.68 bits per heavy atom. The summed E-state index contributed by atoms with van der Waals surface area (Å²) in [4.78, 5) is 27.8. The van der Waals surface area contributed by atoms with Crippen LogP contribution in [0.25, 0.3) is 11.3 Å². The van der Waals surface area contributed by atoms with Gasteiger partial charge in [-0.25, -0.2) is 4.98 Å². The number of carbonyl (C=O) groups is 2. The van der Waals surface area contributed by atoms with Gasteiger partial charge < -0.3 is 10.1 Å². The first-order valence-electron chi connectivity index (χ1n) is 8.56. The van der Waals surface area contributed by atoms with Gasteiger partial charge in [-0.05, 0) is 19.1 Å². The molecule has 0 aliphatic rings. The van der Waals surface area contributed by atoms with Crippen molar-refractivity contribution >= 4 is 40.1 Å². The van der Waals surface area contributed by atoms with Gasteiger partial charge in [-0.3, -0.25) is 9.59 Å². The van der Waals surface area contributed by atoms with E-state index in [4.69, 9.17) is 4.74 Å². The summed E-state index contributed by atoms with van der Waals surface area (Å²) in [5, 5.41) is 13.9. The summed E-state index contributed by atoms with van der Waals surface area (Å²) in [6, 6.07) is 13.5. The molecule has 0 fully saturated rings. The molecule has 1 N–H and O–H groups in total. The van der Waals surface area contributed by atoms with Crippen molar-refractivity contribution in [2.24, 2.45) is 0 Å². The second-order valence-corrected chi connectivity index (χ2v) is 7.44. The molecule has 0 saturated carbocycles. The molecule has 1 aromatic carbocycles. The maximum atomic E-state index is 12.1. The lowest BCUT2D eigenvalue weighted by Crippen LogP contribution is -2.14. The number of ether oxygens (including phenoxy) is 1. The summed E-state index contributed by atoms with van der Waals surface area (Å²) in [5.74, 6) is -0.346. The van der Waals surface area contributed by atoms with Crippen LogP contribution in [0.2, 0.25) is 0 Å². The molecule has 7 nitrogen and oxygen atoms in total. The normalized spacial score (nSPS) is 10.5. The molecule has 3 aromatic rings. The van der Waals surface area contributed by atoms with Gasteiger partial charge in [-0.1, -0.05) is 42.1 Å². The van der Waals surface area contributed by atoms with Crippen molar-refractivity contribution in [3.63, 3.8) is 0 Å². The van der Waals surface area contributed by atoms with Gasteiger partial charge >= 0.3 is 5.97 Å². The number of anilines is 1. The molecule has 2 heterocycles. The monoisotopic (exact) mass is 414 g/mol. The van der Waals surface area contributed by atoms with E-state index in [-0.39, 0.29) is 24.1 Å². The van der Waals surface area contributed by atoms with Gasteiger partial charge in [0.15, 0.2) is 5.13 Å². The maximum absolute atomic E-state index is 12.1. The van der Waals surface area contributed by atoms with Crippen LogP contribution in [0.5, 0.6) is 0 Å². The third-order valence-corrected chi connectivity index (χ3v) is 5.22. The van der Waals surface area contributed by atoms with E-state index >= 15 is 0 Å². The Morgan fingerprint density at radius 1 is 1.14 bits per heavy atom. The zero-order chi connectivity index (χ0) is 19.8. The molecule has 0 saturated heterocycles. The van der Waals surface area contributed by atoms with E-state index in [1.807, 2.05) is 42.5 Å². The summed E-state index contributed by atoms with van der Waals surface area (Å²) >= 11 is 2.56. The van der Waals surface area contributed by atoms with Gasteiger partial charge in [-0.2, -0.15) is 0 Å². The lowest BCUT2D eigenvalue weighted by Gasteiger charge is -2.03. The molecule has 0 aliphatic carbocycles. The topological polar surface area (TPSA) is 94.1 Å². The second kappa shape index (κ2) is 9.95. The van der Waals surface area contributed by atoms with Crippen LogP contribution in [-0.2, 0) is 20.7 Å². The predicted octanol–water partition coefficient (Wildman–Crippen LogP) is 3.44. The van der Waals surface area contributed by atoms with Crippen molar-refractivity contribution < 1.29 is 14.3 Å². The predicted molar refractivity (Wildman–Crippen MR) is 109 cm³/mol. The third-order valence-electron chi connectivity index (χ3n) is 3.49. The van der Waals surface area contributed by atoms with Gasteiger partial charge in [-0.15, -0.1) is 21.5 Å². The van der Waals surface area contributed by atoms with Crippen LogP contribution in [0.4, 0.5) is 5.13 Å². The van der Waals surface area contributed by atoms with Crippen molar-refractivity contribution in [1.29, 1.82) is 0 Å². The molecule has 9 heteroatoms. The number of hydrogen-bond donors (Lipinski definition) is 1. The fourth-order valence-corrected chi connectivity index (χ4v) is 3.60. The highest BCUT2D eigenvalue weighted by atomic mass is 32.2. The van der Waals surface area contributed by atoms with Crippen molar-refractivity contribution in [3.05, 3.63) is 53.5 Å². The Kier molecular flexibility index (Phi) is 7.10. The van der Waals surface area contributed by atoms with Crippen LogP contribution in [0.3, 0.4) is 0 Å². The zero-order valence-electron chi connectivity index (χ0n) is 15.1. The number of nitrogens with zero attached hydrogens (tertiary/aromatic N) is 3. The van der Waals surface area contributed by atoms with E-state index in [0.29, 0.717) is 22.5 Å². The summed E-state index contributed by atoms with van der Waals surface area (Å²) in [6.45, 7) is 2.08. The maximum Gasteiger partial charge on any atom is 0.311 e. The van der Waals surface area contributed by atoms with E-state index in [2.05, 4.69) is 20.5 Å². The highest BCUT2D eigenvalue weighted by Crippen LogP contribution is 2.21. The van der Waals surface area contributed by atoms with E-state index < -0.39 is 0 Å². The largest absolute Gasteiger partial charge is 0.466 e. The fourth-order valence-electron chi connectivity index (χ4n) is 2.26. The molecule has 1 amide bonds. The summed E-state index contributed by atoms with van der Waals surface area (Å²) in [5.41, 5.74) is 2.35. The van der Waals surface area contributed by atoms with Gasteiger partial charge in [0.05, 0.1) is 30.2 Å². The molecule has 3 rings (SSSR count). The molecule has 0 spiro atoms. The summed E-state index contributed by atoms with van der Waals surface area (Å²) < 4.78 is 4.88. The van der Waals surface area contributed by atoms with Crippen LogP contribution < -0.4 is 5.32 Å². The zero-order valence-corrected chi connectivity index (χ0v) is 16.8. The number of nitrogens with one attached hydrogen (secondary N) is 1. The van der Waals surface area contributed by atoms with Gasteiger partial charge in [0, 0.05) is 10.9 Å². The lowest BCUT2D eigenvalue weighted by molar-refractivity contribution is -0.142. The van der Waals surface area contributed by atoms with Crippen molar-refractivity contribution in [3.8, 4) is 11.3 Å². The Labute approximate surface area is 170 Å². The lowest BCUT2D eigenvalue weighted by atomic mass is 10.1. The minimum Gasteiger partial charge on any atom is -0.466 e. The quantitative estimate of drug-likeness (QED) is 0.446. The Morgan fingerprint density at radius 2 is 1.96 bits per heavy atom. The highest BCUT2D eigenvalue weighted by Gasteiger charge is 2.11. The number of rotatable bonds is 8. The number of aromatic nitrogens is 3. The standard InChI is InChI=1S/C19H18N4O3S2/c1-2-26-18(25)10-14-11-28-19(20-14)21-16(24)12-27-17-9-8-15(22-23-17)13-6-4-3-5-7-13/h3-9,11H,2,10,12H2,1H3,(H,20,21,24). The van der Waals surface area contributed by atoms with Crippen molar-refractivity contribution in [2.45, 2.75) is 18.4 Å². The Hall–Kier alpha value is -2.78. The number of amides is 1. The first-order valence-corrected chi connectivity index (χ1v) is 10.4. The minimum absolute atomic E-state index is 0.0955. The molecule has 0 bridgehead atoms. The van der Waals surface area contributed by atoms with Crippen molar-refractivity contribution in [1.82, 2.24) is 15.2 Å². The number of carbonyl (C=O) groups excluding carboxylic acids is 2. The number of thiazole rings is 1. The van der Waals surface area contributed by atoms with Crippen LogP contribution in [0, 0.1) is 0 Å². The number of thioether (sulfide) groups is 1. The second-order valence-electron chi connectivity index (χ2n) is 5.59. The molecule has 28 heavy (non-hydrogen) atoms. The molecule has 0 radical (unpaired) electrons. The van der Waals surface area contributed by atoms with E-state index in [1.165, 1.54) is 23.1 Å². The molecule has 144 valence electrons. The average Bonchev–Trinajstić information content (AvgIpc) is 3.14. The van der Waals surface area contributed by atoms with E-state index in [0.717, 1.165) is 11.3 Å². The van der Waals surface area contributed by atoms with Gasteiger partial charge in [0.25, 0.3) is 0 Å². The fraction of sp³-hybridized carbons (Fsp3) is 0.211. The molecular formula is C19H18N4O3S2. The van der Waals surface area contributed by atoms with Crippen LogP contribution in [-0.4, -0.2) is 39.4 Å². The molecule has 0 unspecified atom stereocenters. The summed E-state index contributed by atoms with van der Waals surface area (Å²) in [7, 11) is 0. The van der Waals surface area contributed by atoms with Gasteiger partial charge in [0.1, 0.15) is 5.03 Å². The Bertz CT molecular complexity index is 930. The van der Waals surface area contributed by atoms with Crippen LogP contribution >= 0.6 is 23.1 Å². The molecule has 0 aliphatic heterocycles. The number of hydrogen-bond acceptors (Lipinski definition) is 8. The van der Waals surface area contributed by atoms with Gasteiger partial charge in [0.2, 0.25) is 5.91 Å². The van der Waals surface area contributed by atoms with Crippen LogP contribution in [0.1, 0.15) is 12.6 Å². The third kappa shape index (κ3) is 5.86. The number of esters is 1. The van der Waals surface area contributed by atoms with E-state index in [1.54, 1.807) is 12.3 Å². The van der Waals surface area contributed by atoms with Crippen molar-refractivity contribution in [2.75, 3.05) is 17.7 Å². The number of benzene rings is 1. The first kappa shape index (κ1) is 20.0. The summed E-state index contributed by atoms with van der Waals surface area (Å²) in [6.07, 6.45) is 0.0955.